The molecule has 2 unspecified atom stereocenters. The summed E-state index contributed by atoms with van der Waals surface area (Å²) in [4.78, 5) is 27.5. The Bertz CT molecular complexity index is 582. The molecule has 0 aromatic heterocycles. The number of hydrogen-bond acceptors (Lipinski definition) is 3. The Hall–Kier alpha value is -1.01. The van der Waals surface area contributed by atoms with Gasteiger partial charge >= 0.3 is 0 Å². The first kappa shape index (κ1) is 19.3. The van der Waals surface area contributed by atoms with Crippen molar-refractivity contribution in [2.75, 3.05) is 18.6 Å². The van der Waals surface area contributed by atoms with Gasteiger partial charge in [0.15, 0.2) is 0 Å². The summed E-state index contributed by atoms with van der Waals surface area (Å²) >= 11 is 5.09. The molecule has 2 rings (SSSR count). The Labute approximate surface area is 156 Å². The van der Waals surface area contributed by atoms with Gasteiger partial charge < -0.3 is 10.2 Å². The van der Waals surface area contributed by atoms with E-state index in [9.17, 15) is 9.59 Å². The van der Waals surface area contributed by atoms with E-state index >= 15 is 0 Å². The van der Waals surface area contributed by atoms with E-state index in [1.54, 1.807) is 17.8 Å². The number of hydrogen-bond donors (Lipinski definition) is 1. The fourth-order valence-corrected chi connectivity index (χ4v) is 3.94. The number of carbonyl (C=O) groups is 2. The molecule has 1 aromatic rings. The van der Waals surface area contributed by atoms with Gasteiger partial charge in [0.05, 0.1) is 5.56 Å². The number of halogens is 1. The lowest BCUT2D eigenvalue weighted by Crippen LogP contribution is -2.52. The third-order valence-corrected chi connectivity index (χ3v) is 5.75. The van der Waals surface area contributed by atoms with Gasteiger partial charge in [-0.1, -0.05) is 12.1 Å². The van der Waals surface area contributed by atoms with Crippen molar-refractivity contribution in [3.05, 3.63) is 34.3 Å². The zero-order valence-electron chi connectivity index (χ0n) is 14.3. The van der Waals surface area contributed by atoms with Gasteiger partial charge in [0.2, 0.25) is 5.91 Å². The van der Waals surface area contributed by atoms with E-state index < -0.39 is 6.04 Å². The van der Waals surface area contributed by atoms with Gasteiger partial charge in [0.1, 0.15) is 6.04 Å². The molecule has 1 saturated heterocycles. The summed E-state index contributed by atoms with van der Waals surface area (Å²) in [6.45, 7) is 2.89. The molecule has 0 saturated carbocycles. The van der Waals surface area contributed by atoms with Crippen LogP contribution in [0.1, 0.15) is 43.0 Å². The number of piperidine rings is 1. The minimum atomic E-state index is -0.461. The molecule has 6 heteroatoms. The average molecular weight is 413 g/mol. The molecule has 0 bridgehead atoms. The van der Waals surface area contributed by atoms with Gasteiger partial charge in [0.25, 0.3) is 5.91 Å². The van der Waals surface area contributed by atoms with E-state index in [0.717, 1.165) is 29.6 Å². The van der Waals surface area contributed by atoms with Crippen LogP contribution in [-0.2, 0) is 4.79 Å². The maximum absolute atomic E-state index is 13.0. The summed E-state index contributed by atoms with van der Waals surface area (Å²) in [7, 11) is 0. The molecule has 1 fully saturated rings. The van der Waals surface area contributed by atoms with Crippen LogP contribution in [-0.4, -0.2) is 47.4 Å². The second-order valence-corrected chi connectivity index (χ2v) is 8.00. The molecule has 0 spiro atoms. The lowest BCUT2D eigenvalue weighted by Gasteiger charge is -2.36. The highest BCUT2D eigenvalue weighted by atomic mass is 79.9. The zero-order valence-corrected chi connectivity index (χ0v) is 16.7. The highest BCUT2D eigenvalue weighted by Crippen LogP contribution is 2.20. The predicted molar refractivity (Wildman–Crippen MR) is 103 cm³/mol. The van der Waals surface area contributed by atoms with E-state index in [1.165, 1.54) is 6.42 Å². The number of amides is 2. The van der Waals surface area contributed by atoms with Crippen LogP contribution in [0, 0.1) is 0 Å². The maximum Gasteiger partial charge on any atom is 0.253 e. The van der Waals surface area contributed by atoms with Crippen molar-refractivity contribution in [2.24, 2.45) is 0 Å². The van der Waals surface area contributed by atoms with Crippen LogP contribution in [0.25, 0.3) is 0 Å². The molecule has 24 heavy (non-hydrogen) atoms. The molecule has 1 aliphatic rings. The van der Waals surface area contributed by atoms with E-state index in [1.807, 2.05) is 29.4 Å². The lowest BCUT2D eigenvalue weighted by molar-refractivity contribution is -0.136. The van der Waals surface area contributed by atoms with Gasteiger partial charge in [-0.15, -0.1) is 0 Å². The van der Waals surface area contributed by atoms with Crippen LogP contribution in [0.4, 0.5) is 0 Å². The SMILES string of the molecule is CSCCC(NC(=O)c1ccccc1Br)C(=O)N1CCCCC1C. The number of likely N-dealkylation sites (tertiary alicyclic amines) is 1. The number of thioether (sulfide) groups is 1. The summed E-state index contributed by atoms with van der Waals surface area (Å²) in [5, 5.41) is 2.95. The molecule has 1 N–H and O–H groups in total. The van der Waals surface area contributed by atoms with Gasteiger partial charge in [-0.2, -0.15) is 11.8 Å². The van der Waals surface area contributed by atoms with Crippen LogP contribution >= 0.6 is 27.7 Å². The van der Waals surface area contributed by atoms with Gasteiger partial charge in [0, 0.05) is 17.1 Å². The first-order valence-corrected chi connectivity index (χ1v) is 10.6. The van der Waals surface area contributed by atoms with Gasteiger partial charge in [-0.05, 0) is 72.7 Å². The summed E-state index contributed by atoms with van der Waals surface area (Å²) < 4.78 is 0.741. The van der Waals surface area contributed by atoms with Crippen molar-refractivity contribution in [2.45, 2.75) is 44.7 Å². The van der Waals surface area contributed by atoms with E-state index in [4.69, 9.17) is 0 Å². The first-order valence-electron chi connectivity index (χ1n) is 8.39. The fraction of sp³-hybridized carbons (Fsp3) is 0.556. The molecular formula is C18H25BrN2O2S. The normalized spacial score (nSPS) is 19.0. The number of nitrogens with one attached hydrogen (secondary N) is 1. The highest BCUT2D eigenvalue weighted by Gasteiger charge is 2.30. The molecule has 1 heterocycles. The number of rotatable bonds is 6. The molecule has 1 aliphatic heterocycles. The molecule has 1 aromatic carbocycles. The smallest absolute Gasteiger partial charge is 0.253 e. The predicted octanol–water partition coefficient (Wildman–Crippen LogP) is 3.70. The molecular weight excluding hydrogens is 388 g/mol. The number of nitrogens with zero attached hydrogens (tertiary/aromatic N) is 1. The topological polar surface area (TPSA) is 49.4 Å². The van der Waals surface area contributed by atoms with E-state index in [2.05, 4.69) is 28.2 Å². The molecule has 132 valence electrons. The van der Waals surface area contributed by atoms with Crippen LogP contribution in [0.2, 0.25) is 0 Å². The summed E-state index contributed by atoms with van der Waals surface area (Å²) in [6.07, 6.45) is 5.92. The largest absolute Gasteiger partial charge is 0.340 e. The molecule has 2 amide bonds. The van der Waals surface area contributed by atoms with Gasteiger partial charge in [-0.25, -0.2) is 0 Å². The Balaban J connectivity index is 2.11. The Morgan fingerprint density at radius 2 is 2.12 bits per heavy atom. The molecule has 0 aliphatic carbocycles. The standard InChI is InChI=1S/C18H25BrN2O2S/c1-13-7-5-6-11-21(13)18(23)16(10-12-24-2)20-17(22)14-8-3-4-9-15(14)19/h3-4,8-9,13,16H,5-7,10-12H2,1-2H3,(H,20,22). The third kappa shape index (κ3) is 4.99. The van der Waals surface area contributed by atoms with Crippen molar-refractivity contribution in [1.82, 2.24) is 10.2 Å². The lowest BCUT2D eigenvalue weighted by atomic mass is 10.0. The fourth-order valence-electron chi connectivity index (χ4n) is 3.00. The second kappa shape index (κ2) is 9.47. The maximum atomic E-state index is 13.0. The summed E-state index contributed by atoms with van der Waals surface area (Å²) in [5.41, 5.74) is 0.561. The Morgan fingerprint density at radius 3 is 2.79 bits per heavy atom. The minimum absolute atomic E-state index is 0.0525. The van der Waals surface area contributed by atoms with Crippen molar-refractivity contribution >= 4 is 39.5 Å². The Kier molecular flexibility index (Phi) is 7.62. The zero-order chi connectivity index (χ0) is 17.5. The summed E-state index contributed by atoms with van der Waals surface area (Å²) in [6, 6.07) is 7.08. The van der Waals surface area contributed by atoms with Crippen molar-refractivity contribution in [3.8, 4) is 0 Å². The Morgan fingerprint density at radius 1 is 1.38 bits per heavy atom. The number of carbonyl (C=O) groups excluding carboxylic acids is 2. The van der Waals surface area contributed by atoms with E-state index in [0.29, 0.717) is 12.0 Å². The second-order valence-electron chi connectivity index (χ2n) is 6.16. The van der Waals surface area contributed by atoms with E-state index in [-0.39, 0.29) is 17.9 Å². The van der Waals surface area contributed by atoms with Crippen LogP contribution in [0.3, 0.4) is 0 Å². The molecule has 2 atom stereocenters. The van der Waals surface area contributed by atoms with Crippen molar-refractivity contribution in [3.63, 3.8) is 0 Å². The van der Waals surface area contributed by atoms with Crippen LogP contribution in [0.15, 0.2) is 28.7 Å². The minimum Gasteiger partial charge on any atom is -0.340 e. The summed E-state index contributed by atoms with van der Waals surface area (Å²) in [5.74, 6) is 0.692. The van der Waals surface area contributed by atoms with Crippen molar-refractivity contribution in [1.29, 1.82) is 0 Å². The van der Waals surface area contributed by atoms with Crippen LogP contribution < -0.4 is 5.32 Å². The first-order chi connectivity index (χ1) is 11.5. The number of benzene rings is 1. The monoisotopic (exact) mass is 412 g/mol. The quantitative estimate of drug-likeness (QED) is 0.774. The van der Waals surface area contributed by atoms with Crippen LogP contribution in [0.5, 0.6) is 0 Å². The van der Waals surface area contributed by atoms with Gasteiger partial charge in [-0.3, -0.25) is 9.59 Å². The average Bonchev–Trinajstić information content (AvgIpc) is 2.58. The third-order valence-electron chi connectivity index (χ3n) is 4.42. The van der Waals surface area contributed by atoms with Crippen molar-refractivity contribution < 1.29 is 9.59 Å². The molecule has 0 radical (unpaired) electrons. The molecule has 4 nitrogen and oxygen atoms in total. The highest BCUT2D eigenvalue weighted by molar-refractivity contribution is 9.10.